The molecule has 5 nitrogen and oxygen atoms in total. The van der Waals surface area contributed by atoms with Crippen molar-refractivity contribution in [3.05, 3.63) is 57.2 Å². The number of rotatable bonds is 3. The number of para-hydroxylation sites is 1. The molecular weight excluding hydrogens is 381 g/mol. The lowest BCUT2D eigenvalue weighted by Crippen LogP contribution is -2.24. The predicted octanol–water partition coefficient (Wildman–Crippen LogP) is 3.46. The summed E-state index contributed by atoms with van der Waals surface area (Å²) in [7, 11) is 0. The van der Waals surface area contributed by atoms with E-state index >= 15 is 0 Å². The van der Waals surface area contributed by atoms with Gasteiger partial charge in [0.25, 0.3) is 0 Å². The number of carbonyl (C=O) groups is 1. The van der Waals surface area contributed by atoms with Gasteiger partial charge in [-0.1, -0.05) is 18.2 Å². The van der Waals surface area contributed by atoms with Gasteiger partial charge in [-0.25, -0.2) is 10.2 Å². The molecule has 0 saturated carbocycles. The first-order valence-electron chi connectivity index (χ1n) is 6.20. The third-order valence-electron chi connectivity index (χ3n) is 2.74. The summed E-state index contributed by atoms with van der Waals surface area (Å²) in [6, 6.07) is 12.1. The number of nitrogens with zero attached hydrogens (tertiary/aromatic N) is 1. The van der Waals surface area contributed by atoms with Crippen molar-refractivity contribution < 1.29 is 9.90 Å². The summed E-state index contributed by atoms with van der Waals surface area (Å²) >= 11 is 2.02. The first kappa shape index (κ1) is 15.3. The summed E-state index contributed by atoms with van der Waals surface area (Å²) < 4.78 is 0.723. The zero-order valence-corrected chi connectivity index (χ0v) is 13.5. The summed E-state index contributed by atoms with van der Waals surface area (Å²) in [5.41, 5.74) is 4.90. The molecule has 108 valence electrons. The lowest BCUT2D eigenvalue weighted by atomic mass is 10.2. The number of aromatic hydroxyl groups is 1. The van der Waals surface area contributed by atoms with E-state index in [4.69, 9.17) is 0 Å². The second-order valence-electron chi connectivity index (χ2n) is 4.35. The molecule has 0 unspecified atom stereocenters. The highest BCUT2D eigenvalue weighted by molar-refractivity contribution is 14.1. The Kier molecular flexibility index (Phi) is 5.15. The van der Waals surface area contributed by atoms with Gasteiger partial charge in [0.05, 0.1) is 9.78 Å². The first-order chi connectivity index (χ1) is 10.1. The molecule has 0 aromatic heterocycles. The van der Waals surface area contributed by atoms with Crippen molar-refractivity contribution in [3.8, 4) is 5.75 Å². The minimum absolute atomic E-state index is 0.220. The summed E-state index contributed by atoms with van der Waals surface area (Å²) in [6.45, 7) is 1.91. The molecule has 0 atom stereocenters. The topological polar surface area (TPSA) is 73.7 Å². The Morgan fingerprint density at radius 1 is 1.29 bits per heavy atom. The van der Waals surface area contributed by atoms with Gasteiger partial charge in [0, 0.05) is 5.69 Å². The molecule has 0 aliphatic heterocycles. The van der Waals surface area contributed by atoms with E-state index in [1.54, 1.807) is 18.2 Å². The molecule has 2 rings (SSSR count). The number of hydrogen-bond acceptors (Lipinski definition) is 3. The average Bonchev–Trinajstić information content (AvgIpc) is 2.45. The number of hydrogen-bond donors (Lipinski definition) is 3. The Morgan fingerprint density at radius 2 is 2.05 bits per heavy atom. The van der Waals surface area contributed by atoms with Crippen molar-refractivity contribution in [1.29, 1.82) is 0 Å². The molecular formula is C15H14IN3O2. The van der Waals surface area contributed by atoms with Gasteiger partial charge in [-0.2, -0.15) is 5.10 Å². The van der Waals surface area contributed by atoms with Crippen molar-refractivity contribution in [2.75, 3.05) is 5.32 Å². The van der Waals surface area contributed by atoms with Gasteiger partial charge in [0.15, 0.2) is 0 Å². The molecule has 0 aliphatic rings. The zero-order chi connectivity index (χ0) is 15.2. The quantitative estimate of drug-likeness (QED) is 0.423. The first-order valence-corrected chi connectivity index (χ1v) is 7.28. The molecule has 0 saturated heterocycles. The van der Waals surface area contributed by atoms with Crippen molar-refractivity contribution in [3.63, 3.8) is 0 Å². The van der Waals surface area contributed by atoms with Gasteiger partial charge < -0.3 is 10.4 Å². The highest BCUT2D eigenvalue weighted by Crippen LogP contribution is 2.19. The van der Waals surface area contributed by atoms with Crippen LogP contribution in [0.1, 0.15) is 11.1 Å². The number of amides is 2. The maximum Gasteiger partial charge on any atom is 0.339 e. The van der Waals surface area contributed by atoms with Crippen LogP contribution >= 0.6 is 22.6 Å². The maximum atomic E-state index is 11.7. The molecule has 0 fully saturated rings. The molecule has 3 N–H and O–H groups in total. The number of phenols is 1. The van der Waals surface area contributed by atoms with Crippen molar-refractivity contribution in [2.45, 2.75) is 6.92 Å². The third-order valence-corrected chi connectivity index (χ3v) is 3.61. The Hall–Kier alpha value is -2.09. The van der Waals surface area contributed by atoms with Crippen LogP contribution in [0.25, 0.3) is 0 Å². The number of hydrazone groups is 1. The summed E-state index contributed by atoms with van der Waals surface area (Å²) in [6.07, 6.45) is 1.51. The van der Waals surface area contributed by atoms with E-state index in [1.165, 1.54) is 6.21 Å². The number of anilines is 1. The minimum Gasteiger partial charge on any atom is -0.507 e. The van der Waals surface area contributed by atoms with Gasteiger partial charge in [-0.15, -0.1) is 0 Å². The summed E-state index contributed by atoms with van der Waals surface area (Å²) in [5.74, 6) is 0.220. The normalized spacial score (nSPS) is 10.6. The third kappa shape index (κ3) is 4.45. The van der Waals surface area contributed by atoms with Gasteiger partial charge >= 0.3 is 6.03 Å². The smallest absolute Gasteiger partial charge is 0.339 e. The van der Waals surface area contributed by atoms with Crippen LogP contribution in [-0.2, 0) is 0 Å². The molecule has 2 aromatic rings. The molecule has 0 bridgehead atoms. The van der Waals surface area contributed by atoms with Crippen molar-refractivity contribution >= 4 is 40.5 Å². The van der Waals surface area contributed by atoms with Crippen LogP contribution in [0.4, 0.5) is 10.5 Å². The van der Waals surface area contributed by atoms with Crippen LogP contribution in [0.15, 0.2) is 47.6 Å². The van der Waals surface area contributed by atoms with Crippen molar-refractivity contribution in [2.24, 2.45) is 5.10 Å². The van der Waals surface area contributed by atoms with Gasteiger partial charge in [-0.3, -0.25) is 0 Å². The van der Waals surface area contributed by atoms with E-state index in [-0.39, 0.29) is 5.75 Å². The number of urea groups is 1. The zero-order valence-electron chi connectivity index (χ0n) is 11.3. The summed E-state index contributed by atoms with van der Waals surface area (Å²) in [4.78, 5) is 11.7. The van der Waals surface area contributed by atoms with Gasteiger partial charge in [0.1, 0.15) is 5.75 Å². The van der Waals surface area contributed by atoms with E-state index in [0.29, 0.717) is 0 Å². The predicted molar refractivity (Wildman–Crippen MR) is 91.8 cm³/mol. The van der Waals surface area contributed by atoms with E-state index in [2.05, 4.69) is 15.8 Å². The number of benzene rings is 2. The highest BCUT2D eigenvalue weighted by Gasteiger charge is 2.02. The molecule has 0 spiro atoms. The van der Waals surface area contributed by atoms with Crippen LogP contribution < -0.4 is 10.7 Å². The molecule has 2 aromatic carbocycles. The van der Waals surface area contributed by atoms with Crippen LogP contribution in [0.3, 0.4) is 0 Å². The number of nitrogens with one attached hydrogen (secondary N) is 2. The highest BCUT2D eigenvalue weighted by atomic mass is 127. The lowest BCUT2D eigenvalue weighted by molar-refractivity contribution is 0.252. The van der Waals surface area contributed by atoms with E-state index < -0.39 is 6.03 Å². The molecule has 0 radical (unpaired) electrons. The Morgan fingerprint density at radius 3 is 2.76 bits per heavy atom. The van der Waals surface area contributed by atoms with E-state index in [0.717, 1.165) is 20.4 Å². The largest absolute Gasteiger partial charge is 0.507 e. The van der Waals surface area contributed by atoms with Crippen molar-refractivity contribution in [1.82, 2.24) is 5.43 Å². The molecule has 21 heavy (non-hydrogen) atoms. The van der Waals surface area contributed by atoms with Gasteiger partial charge in [0.2, 0.25) is 0 Å². The standard InChI is InChI=1S/C15H14IN3O2/c1-10-4-2-3-5-13(10)18-15(21)19-17-9-11-6-7-14(20)12(16)8-11/h2-9,20H,1H3,(H2,18,19,21)/b17-9+. The van der Waals surface area contributed by atoms with E-state index in [9.17, 15) is 9.90 Å². The van der Waals surface area contributed by atoms with Crippen LogP contribution in [0.5, 0.6) is 5.75 Å². The second-order valence-corrected chi connectivity index (χ2v) is 5.51. The molecule has 0 aliphatic carbocycles. The number of halogens is 1. The number of aryl methyl sites for hydroxylation is 1. The maximum absolute atomic E-state index is 11.7. The van der Waals surface area contributed by atoms with Crippen LogP contribution in [-0.4, -0.2) is 17.4 Å². The van der Waals surface area contributed by atoms with Gasteiger partial charge in [-0.05, 0) is 64.9 Å². The number of phenolic OH excluding ortho intramolecular Hbond substituents is 1. The van der Waals surface area contributed by atoms with Crippen LogP contribution in [0.2, 0.25) is 0 Å². The minimum atomic E-state index is -0.408. The monoisotopic (exact) mass is 395 g/mol. The second kappa shape index (κ2) is 7.07. The fourth-order valence-corrected chi connectivity index (χ4v) is 2.17. The average molecular weight is 395 g/mol. The Bertz CT molecular complexity index is 686. The summed E-state index contributed by atoms with van der Waals surface area (Å²) in [5, 5.41) is 16.0. The molecule has 0 heterocycles. The fourth-order valence-electron chi connectivity index (χ4n) is 1.63. The fraction of sp³-hybridized carbons (Fsp3) is 0.0667. The Balaban J connectivity index is 1.93. The molecule has 6 heteroatoms. The molecule has 2 amide bonds. The SMILES string of the molecule is Cc1ccccc1NC(=O)N/N=C/c1ccc(O)c(I)c1. The lowest BCUT2D eigenvalue weighted by Gasteiger charge is -2.06. The van der Waals surface area contributed by atoms with Crippen LogP contribution in [0, 0.1) is 10.5 Å². The number of carbonyl (C=O) groups excluding carboxylic acids is 1. The van der Waals surface area contributed by atoms with E-state index in [1.807, 2.05) is 53.8 Å². The Labute approximate surface area is 136 Å².